The molecule has 0 radical (unpaired) electrons. The predicted octanol–water partition coefficient (Wildman–Crippen LogP) is -3.93. The van der Waals surface area contributed by atoms with Crippen molar-refractivity contribution in [2.45, 2.75) is 194 Å². The van der Waals surface area contributed by atoms with Gasteiger partial charge in [0.1, 0.15) is 73.2 Å². The van der Waals surface area contributed by atoms with Gasteiger partial charge in [-0.3, -0.25) is 4.79 Å². The fourth-order valence-corrected chi connectivity index (χ4v) is 14.3. The number of ether oxygens (including phenoxy) is 6. The average molecular weight is 963 g/mol. The van der Waals surface area contributed by atoms with E-state index in [9.17, 15) is 76.3 Å². The molecule has 8 aliphatic rings. The molecule has 2 bridgehead atoms. The van der Waals surface area contributed by atoms with Gasteiger partial charge >= 0.3 is 5.97 Å². The van der Waals surface area contributed by atoms with Crippen molar-refractivity contribution in [3.05, 3.63) is 12.2 Å². The predicted molar refractivity (Wildman–Crippen MR) is 225 cm³/mol. The first-order valence-electron chi connectivity index (χ1n) is 24.1. The molecule has 27 atom stereocenters. The van der Waals surface area contributed by atoms with E-state index in [0.717, 1.165) is 18.4 Å². The lowest BCUT2D eigenvalue weighted by molar-refractivity contribution is -0.344. The van der Waals surface area contributed by atoms with Crippen LogP contribution >= 0.6 is 0 Å². The zero-order valence-electron chi connectivity index (χ0n) is 38.1. The van der Waals surface area contributed by atoms with Crippen LogP contribution in [0.25, 0.3) is 0 Å². The summed E-state index contributed by atoms with van der Waals surface area (Å²) in [5.41, 5.74) is -0.762. The van der Waals surface area contributed by atoms with E-state index in [0.29, 0.717) is 38.5 Å². The Kier molecular flexibility index (Phi) is 15.3. The van der Waals surface area contributed by atoms with Gasteiger partial charge in [-0.1, -0.05) is 25.5 Å². The molecule has 21 heteroatoms. The van der Waals surface area contributed by atoms with E-state index in [2.05, 4.69) is 13.5 Å². The van der Waals surface area contributed by atoms with Gasteiger partial charge in [-0.05, 0) is 87.4 Å². The number of rotatable bonds is 12. The molecule has 1 spiro atoms. The molecule has 384 valence electrons. The Balaban J connectivity index is 1.09. The van der Waals surface area contributed by atoms with Crippen molar-refractivity contribution in [1.82, 2.24) is 0 Å². The fourth-order valence-electron chi connectivity index (χ4n) is 14.3. The van der Waals surface area contributed by atoms with Crippen molar-refractivity contribution in [2.75, 3.05) is 26.4 Å². The van der Waals surface area contributed by atoms with Crippen LogP contribution in [0.2, 0.25) is 0 Å². The summed E-state index contributed by atoms with van der Waals surface area (Å²) in [6, 6.07) is 0. The minimum Gasteiger partial charge on any atom is -0.432 e. The molecule has 2 aliphatic heterocycles. The smallest absolute Gasteiger partial charge is 0.314 e. The lowest BCUT2D eigenvalue weighted by Crippen LogP contribution is -2.65. The quantitative estimate of drug-likeness (QED) is 0.0656. The van der Waals surface area contributed by atoms with Crippen LogP contribution in [0.1, 0.15) is 78.1 Å². The van der Waals surface area contributed by atoms with Gasteiger partial charge < -0.3 is 99.9 Å². The number of carbonyl (C=O) groups excluding carboxylic acids is 1. The van der Waals surface area contributed by atoms with E-state index in [4.69, 9.17) is 28.4 Å². The number of esters is 1. The Morgan fingerprint density at radius 1 is 0.597 bits per heavy atom. The summed E-state index contributed by atoms with van der Waals surface area (Å²) in [7, 11) is 0. The summed E-state index contributed by atoms with van der Waals surface area (Å²) < 4.78 is 37.2. The maximum atomic E-state index is 14.4. The maximum absolute atomic E-state index is 14.4. The van der Waals surface area contributed by atoms with Crippen LogP contribution in [0.15, 0.2) is 12.2 Å². The van der Waals surface area contributed by atoms with E-state index in [-0.39, 0.29) is 36.0 Å². The van der Waals surface area contributed by atoms with Crippen LogP contribution in [-0.2, 0) is 33.2 Å². The molecule has 0 aromatic rings. The van der Waals surface area contributed by atoms with Gasteiger partial charge in [0.25, 0.3) is 0 Å². The van der Waals surface area contributed by atoms with Crippen molar-refractivity contribution in [2.24, 2.45) is 45.8 Å². The van der Waals surface area contributed by atoms with Gasteiger partial charge in [0.2, 0.25) is 6.29 Å². The van der Waals surface area contributed by atoms with Crippen molar-refractivity contribution in [3.63, 3.8) is 0 Å². The maximum Gasteiger partial charge on any atom is 0.314 e. The summed E-state index contributed by atoms with van der Waals surface area (Å²) in [5, 5.41) is 149. The topological polar surface area (TPSA) is 356 Å². The van der Waals surface area contributed by atoms with Crippen molar-refractivity contribution in [3.8, 4) is 0 Å². The molecule has 8 fully saturated rings. The Morgan fingerprint density at radius 3 is 1.81 bits per heavy atom. The number of hydrogen-bond acceptors (Lipinski definition) is 21. The van der Waals surface area contributed by atoms with Gasteiger partial charge in [0, 0.05) is 31.0 Å². The molecule has 14 N–H and O–H groups in total. The zero-order chi connectivity index (χ0) is 48.7. The average Bonchev–Trinajstić information content (AvgIpc) is 3.58. The summed E-state index contributed by atoms with van der Waals surface area (Å²) >= 11 is 0. The highest BCUT2D eigenvalue weighted by Crippen LogP contribution is 2.72. The summed E-state index contributed by atoms with van der Waals surface area (Å²) in [6.07, 6.45) is -23.8. The highest BCUT2D eigenvalue weighted by Gasteiger charge is 2.68. The van der Waals surface area contributed by atoms with E-state index in [1.165, 1.54) is 0 Å². The fraction of sp³-hybridized carbons (Fsp3) is 0.935. The third-order valence-electron chi connectivity index (χ3n) is 18.1. The lowest BCUT2D eigenvalue weighted by Gasteiger charge is -2.64. The van der Waals surface area contributed by atoms with Crippen LogP contribution in [0.5, 0.6) is 0 Å². The van der Waals surface area contributed by atoms with Gasteiger partial charge in [-0.15, -0.1) is 0 Å². The number of hydrogen-bond donors (Lipinski definition) is 14. The summed E-state index contributed by atoms with van der Waals surface area (Å²) in [4.78, 5) is 14.4. The summed E-state index contributed by atoms with van der Waals surface area (Å²) in [6.45, 7) is 6.00. The Hall–Kier alpha value is -1.55. The largest absolute Gasteiger partial charge is 0.432 e. The molecule has 0 amide bonds. The molecule has 2 saturated heterocycles. The van der Waals surface area contributed by atoms with Crippen LogP contribution in [0.3, 0.4) is 0 Å². The molecular weight excluding hydrogens is 888 g/mol. The van der Waals surface area contributed by atoms with Gasteiger partial charge in [-0.2, -0.15) is 0 Å². The Bertz CT molecular complexity index is 1740. The first-order valence-corrected chi connectivity index (χ1v) is 24.1. The Morgan fingerprint density at radius 2 is 1.18 bits per heavy atom. The highest BCUT2D eigenvalue weighted by atomic mass is 16.7. The number of aliphatic hydroxyl groups is 14. The zero-order valence-corrected chi connectivity index (χ0v) is 38.1. The molecule has 6 aliphatic carbocycles. The molecule has 21 nitrogen and oxygen atoms in total. The second-order valence-corrected chi connectivity index (χ2v) is 21.7. The number of carbonyl (C=O) groups is 1. The minimum atomic E-state index is -1.88. The third-order valence-corrected chi connectivity index (χ3v) is 18.1. The molecule has 0 aromatic heterocycles. The third kappa shape index (κ3) is 8.86. The van der Waals surface area contributed by atoms with Crippen LogP contribution < -0.4 is 0 Å². The van der Waals surface area contributed by atoms with Crippen molar-refractivity contribution < 1.29 is 105 Å². The van der Waals surface area contributed by atoms with Crippen molar-refractivity contribution in [1.29, 1.82) is 0 Å². The van der Waals surface area contributed by atoms with E-state index in [1.54, 1.807) is 0 Å². The first-order chi connectivity index (χ1) is 31.7. The lowest BCUT2D eigenvalue weighted by atomic mass is 9.40. The number of fused-ring (bicyclic) bond motifs is 3. The molecule has 6 unspecified atom stereocenters. The van der Waals surface area contributed by atoms with Crippen LogP contribution in [0.4, 0.5) is 0 Å². The van der Waals surface area contributed by atoms with Crippen molar-refractivity contribution >= 4 is 5.97 Å². The van der Waals surface area contributed by atoms with E-state index < -0.39 is 171 Å². The van der Waals surface area contributed by atoms with Crippen LogP contribution in [-0.4, -0.2) is 220 Å². The van der Waals surface area contributed by atoms with E-state index >= 15 is 0 Å². The number of aliphatic hydroxyl groups excluding tert-OH is 14. The molecule has 2 heterocycles. The van der Waals surface area contributed by atoms with Crippen LogP contribution in [0, 0.1) is 45.8 Å². The molecule has 0 aromatic carbocycles. The molecule has 6 saturated carbocycles. The van der Waals surface area contributed by atoms with Gasteiger partial charge in [0.05, 0.1) is 49.1 Å². The normalized spacial score (nSPS) is 54.5. The first kappa shape index (κ1) is 51.8. The SMILES string of the molecule is C=C1CC23CC[C@@H]4[C@](C)(C(=O)OC5O[C@H](CO)[C@@H](O)[C@H](O)[C@H]5O)CCC[C@@]4(C)C2CC(O[C@@H]2C[C@H](CO)[C@@H](O)C(O[C@@H]4C[C@H](CO)[C@@H](O)[C@H](O)[C@H]4O)[C@H]2O[C@@H]2O[C@H](CO)[C@@H](O)[C@H](O)[C@H]2O)C1C3. The molecular formula is C46H74O21. The minimum absolute atomic E-state index is 0.0271. The second kappa shape index (κ2) is 19.8. The summed E-state index contributed by atoms with van der Waals surface area (Å²) in [5.74, 6) is -2.89. The molecule has 67 heavy (non-hydrogen) atoms. The highest BCUT2D eigenvalue weighted by molar-refractivity contribution is 5.77. The standard InChI is InChI=1S/C46H74O21/c1-18-12-46-8-5-27-44(2,6-4-7-45(27,3)43(61)67-42-38(60)36(58)33(55)26(17-50)65-42)28(46)11-22(21(18)13-46)62-24-10-20(15-48)30(52)40(63-23-9-19(14-47)29(51)34(56)31(23)53)39(24)66-41-37(59)35(57)32(54)25(16-49)64-41/h19-42,47-60H,1,4-17H2,2-3H3/t19-,20-,21?,22?,23-,24-,25-,26-,27+,28?,29-,30-,31+,32-,33-,34+,35+,36+,37-,38-,39+,40?,41+,42?,44-,45-,46?/m1/s1. The van der Waals surface area contributed by atoms with Gasteiger partial charge in [-0.25, -0.2) is 0 Å². The monoisotopic (exact) mass is 962 g/mol. The van der Waals surface area contributed by atoms with E-state index in [1.807, 2.05) is 6.92 Å². The molecule has 8 rings (SSSR count). The van der Waals surface area contributed by atoms with Gasteiger partial charge in [0.15, 0.2) is 6.29 Å². The Labute approximate surface area is 388 Å². The second-order valence-electron chi connectivity index (χ2n) is 21.7.